The summed E-state index contributed by atoms with van der Waals surface area (Å²) in [6.45, 7) is 2.19. The SMILES string of the molecule is COc1ccc(CNc2ccnc(Nc3ccc(C(C)=O)cc3)n2)cc1. The Morgan fingerprint density at radius 1 is 1.04 bits per heavy atom. The van der Waals surface area contributed by atoms with Crippen molar-refractivity contribution in [1.82, 2.24) is 9.97 Å². The maximum atomic E-state index is 11.3. The Balaban J connectivity index is 1.62. The van der Waals surface area contributed by atoms with E-state index >= 15 is 0 Å². The maximum absolute atomic E-state index is 11.3. The molecular weight excluding hydrogens is 328 g/mol. The minimum absolute atomic E-state index is 0.0394. The number of hydrogen-bond donors (Lipinski definition) is 2. The zero-order valence-corrected chi connectivity index (χ0v) is 14.7. The van der Waals surface area contributed by atoms with Crippen molar-refractivity contribution in [3.05, 3.63) is 71.9 Å². The van der Waals surface area contributed by atoms with Gasteiger partial charge >= 0.3 is 0 Å². The minimum atomic E-state index is 0.0394. The second kappa shape index (κ2) is 8.11. The van der Waals surface area contributed by atoms with Crippen LogP contribution in [0.2, 0.25) is 0 Å². The Bertz CT molecular complexity index is 877. The zero-order valence-electron chi connectivity index (χ0n) is 14.7. The van der Waals surface area contributed by atoms with E-state index in [9.17, 15) is 4.79 Å². The molecule has 0 amide bonds. The number of rotatable bonds is 7. The van der Waals surface area contributed by atoms with Crippen LogP contribution < -0.4 is 15.4 Å². The average molecular weight is 348 g/mol. The average Bonchev–Trinajstić information content (AvgIpc) is 2.67. The Labute approximate surface area is 152 Å². The molecule has 0 unspecified atom stereocenters. The Morgan fingerprint density at radius 2 is 1.77 bits per heavy atom. The third-order valence-electron chi connectivity index (χ3n) is 3.84. The second-order valence-electron chi connectivity index (χ2n) is 5.73. The smallest absolute Gasteiger partial charge is 0.229 e. The summed E-state index contributed by atoms with van der Waals surface area (Å²) < 4.78 is 5.16. The van der Waals surface area contributed by atoms with Crippen molar-refractivity contribution in [2.45, 2.75) is 13.5 Å². The summed E-state index contributed by atoms with van der Waals surface area (Å²) in [5, 5.41) is 6.41. The van der Waals surface area contributed by atoms with Gasteiger partial charge in [-0.1, -0.05) is 12.1 Å². The first-order chi connectivity index (χ1) is 12.6. The number of hydrogen-bond acceptors (Lipinski definition) is 6. The van der Waals surface area contributed by atoms with Gasteiger partial charge in [0.2, 0.25) is 5.95 Å². The van der Waals surface area contributed by atoms with E-state index in [0.29, 0.717) is 18.1 Å². The van der Waals surface area contributed by atoms with Crippen LogP contribution in [0.4, 0.5) is 17.5 Å². The quantitative estimate of drug-likeness (QED) is 0.628. The Morgan fingerprint density at radius 3 is 2.42 bits per heavy atom. The molecule has 0 saturated heterocycles. The zero-order chi connectivity index (χ0) is 18.4. The Hall–Kier alpha value is -3.41. The van der Waals surface area contributed by atoms with Gasteiger partial charge in [0.15, 0.2) is 5.78 Å². The first-order valence-corrected chi connectivity index (χ1v) is 8.22. The number of ketones is 1. The van der Waals surface area contributed by atoms with Crippen LogP contribution in [0, 0.1) is 0 Å². The fraction of sp³-hybridized carbons (Fsp3) is 0.150. The molecular formula is C20H20N4O2. The number of carbonyl (C=O) groups is 1. The number of nitrogens with zero attached hydrogens (tertiary/aromatic N) is 2. The molecule has 1 aromatic heterocycles. The van der Waals surface area contributed by atoms with Crippen LogP contribution in [-0.4, -0.2) is 22.9 Å². The molecule has 0 fully saturated rings. The molecule has 0 spiro atoms. The number of ether oxygens (including phenoxy) is 1. The number of benzene rings is 2. The lowest BCUT2D eigenvalue weighted by molar-refractivity contribution is 0.101. The van der Waals surface area contributed by atoms with E-state index < -0.39 is 0 Å². The van der Waals surface area contributed by atoms with Crippen molar-refractivity contribution in [2.75, 3.05) is 17.7 Å². The van der Waals surface area contributed by atoms with Crippen LogP contribution in [0.15, 0.2) is 60.8 Å². The molecule has 0 radical (unpaired) electrons. The van der Waals surface area contributed by atoms with Gasteiger partial charge in [0, 0.05) is 24.0 Å². The predicted molar refractivity (Wildman–Crippen MR) is 102 cm³/mol. The van der Waals surface area contributed by atoms with Gasteiger partial charge in [-0.2, -0.15) is 4.98 Å². The molecule has 3 rings (SSSR count). The van der Waals surface area contributed by atoms with Gasteiger partial charge < -0.3 is 15.4 Å². The molecule has 0 bridgehead atoms. The molecule has 1 heterocycles. The third-order valence-corrected chi connectivity index (χ3v) is 3.84. The molecule has 2 aromatic carbocycles. The maximum Gasteiger partial charge on any atom is 0.229 e. The molecule has 3 aromatic rings. The summed E-state index contributed by atoms with van der Waals surface area (Å²) in [4.78, 5) is 20.0. The van der Waals surface area contributed by atoms with Gasteiger partial charge in [-0.05, 0) is 55.0 Å². The fourth-order valence-electron chi connectivity index (χ4n) is 2.37. The summed E-state index contributed by atoms with van der Waals surface area (Å²) in [7, 11) is 1.65. The topological polar surface area (TPSA) is 76.1 Å². The molecule has 0 atom stereocenters. The highest BCUT2D eigenvalue weighted by Gasteiger charge is 2.03. The fourth-order valence-corrected chi connectivity index (χ4v) is 2.37. The van der Waals surface area contributed by atoms with Gasteiger partial charge in [0.25, 0.3) is 0 Å². The molecule has 0 aliphatic carbocycles. The van der Waals surface area contributed by atoms with Crippen molar-refractivity contribution < 1.29 is 9.53 Å². The molecule has 2 N–H and O–H groups in total. The van der Waals surface area contributed by atoms with Gasteiger partial charge in [-0.25, -0.2) is 4.98 Å². The molecule has 6 heteroatoms. The molecule has 0 aliphatic rings. The third kappa shape index (κ3) is 4.57. The number of carbonyl (C=O) groups excluding carboxylic acids is 1. The van der Waals surface area contributed by atoms with Crippen LogP contribution in [0.5, 0.6) is 5.75 Å². The molecule has 0 saturated carbocycles. The second-order valence-corrected chi connectivity index (χ2v) is 5.73. The first kappa shape index (κ1) is 17.4. The number of anilines is 3. The van der Waals surface area contributed by atoms with Crippen molar-refractivity contribution in [1.29, 1.82) is 0 Å². The van der Waals surface area contributed by atoms with Crippen LogP contribution in [-0.2, 0) is 6.54 Å². The van der Waals surface area contributed by atoms with E-state index in [4.69, 9.17) is 4.74 Å². The van der Waals surface area contributed by atoms with E-state index in [0.717, 1.165) is 22.8 Å². The van der Waals surface area contributed by atoms with E-state index in [2.05, 4.69) is 20.6 Å². The monoisotopic (exact) mass is 348 g/mol. The molecule has 6 nitrogen and oxygen atoms in total. The van der Waals surface area contributed by atoms with Crippen LogP contribution in [0.25, 0.3) is 0 Å². The normalized spacial score (nSPS) is 10.2. The van der Waals surface area contributed by atoms with Crippen molar-refractivity contribution >= 4 is 23.2 Å². The lowest BCUT2D eigenvalue weighted by Crippen LogP contribution is -2.04. The number of aromatic nitrogens is 2. The largest absolute Gasteiger partial charge is 0.497 e. The lowest BCUT2D eigenvalue weighted by Gasteiger charge is -2.09. The molecule has 132 valence electrons. The van der Waals surface area contributed by atoms with Gasteiger partial charge in [0.1, 0.15) is 11.6 Å². The minimum Gasteiger partial charge on any atom is -0.497 e. The van der Waals surface area contributed by atoms with Crippen molar-refractivity contribution in [2.24, 2.45) is 0 Å². The van der Waals surface area contributed by atoms with Crippen molar-refractivity contribution in [3.8, 4) is 5.75 Å². The first-order valence-electron chi connectivity index (χ1n) is 8.22. The number of Topliss-reactive ketones (excluding diaryl/α,β-unsaturated/α-hetero) is 1. The van der Waals surface area contributed by atoms with Gasteiger partial charge in [-0.15, -0.1) is 0 Å². The Kier molecular flexibility index (Phi) is 5.43. The van der Waals surface area contributed by atoms with Crippen molar-refractivity contribution in [3.63, 3.8) is 0 Å². The van der Waals surface area contributed by atoms with Crippen LogP contribution in [0.3, 0.4) is 0 Å². The standard InChI is InChI=1S/C20H20N4O2/c1-14(25)16-5-7-17(8-6-16)23-20-21-12-11-19(24-20)22-13-15-3-9-18(26-2)10-4-15/h3-12H,13H2,1-2H3,(H2,21,22,23,24). The van der Waals surface area contributed by atoms with E-state index in [-0.39, 0.29) is 5.78 Å². The summed E-state index contributed by atoms with van der Waals surface area (Å²) in [5.41, 5.74) is 2.62. The lowest BCUT2D eigenvalue weighted by atomic mass is 10.1. The summed E-state index contributed by atoms with van der Waals surface area (Å²) in [6.07, 6.45) is 1.69. The predicted octanol–water partition coefficient (Wildman–Crippen LogP) is 4.04. The summed E-state index contributed by atoms with van der Waals surface area (Å²) in [5.74, 6) is 2.08. The highest BCUT2D eigenvalue weighted by molar-refractivity contribution is 5.94. The van der Waals surface area contributed by atoms with E-state index in [1.807, 2.05) is 42.5 Å². The van der Waals surface area contributed by atoms with Crippen LogP contribution >= 0.6 is 0 Å². The molecule has 26 heavy (non-hydrogen) atoms. The van der Waals surface area contributed by atoms with Crippen LogP contribution in [0.1, 0.15) is 22.8 Å². The van der Waals surface area contributed by atoms with Gasteiger partial charge in [0.05, 0.1) is 7.11 Å². The summed E-state index contributed by atoms with van der Waals surface area (Å²) >= 11 is 0. The van der Waals surface area contributed by atoms with E-state index in [1.54, 1.807) is 32.4 Å². The van der Waals surface area contributed by atoms with Gasteiger partial charge in [-0.3, -0.25) is 4.79 Å². The summed E-state index contributed by atoms with van der Waals surface area (Å²) in [6, 6.07) is 16.9. The highest BCUT2D eigenvalue weighted by atomic mass is 16.5. The molecule has 0 aliphatic heterocycles. The highest BCUT2D eigenvalue weighted by Crippen LogP contribution is 2.16. The number of nitrogens with one attached hydrogen (secondary N) is 2. The van der Waals surface area contributed by atoms with E-state index in [1.165, 1.54) is 0 Å². The number of methoxy groups -OCH3 is 1.